The fourth-order valence-electron chi connectivity index (χ4n) is 2.45. The molecule has 6 heteroatoms. The van der Waals surface area contributed by atoms with Crippen molar-refractivity contribution in [3.05, 3.63) is 35.6 Å². The molecule has 2 nitrogen and oxygen atoms in total. The first-order chi connectivity index (χ1) is 9.78. The van der Waals surface area contributed by atoms with Crippen molar-refractivity contribution >= 4 is 0 Å². The number of hydrogen-bond donors (Lipinski definition) is 1. The molecule has 0 amide bonds. The topological polar surface area (TPSA) is 29.3 Å². The van der Waals surface area contributed by atoms with Gasteiger partial charge in [0.15, 0.2) is 0 Å². The number of halogens is 4. The molecule has 2 atom stereocenters. The molecule has 0 aliphatic rings. The van der Waals surface area contributed by atoms with Gasteiger partial charge < -0.3 is 5.73 Å². The molecular weight excluding hydrogens is 284 g/mol. The Labute approximate surface area is 122 Å². The molecule has 1 aromatic rings. The second-order valence-corrected chi connectivity index (χ2v) is 5.15. The lowest BCUT2D eigenvalue weighted by Crippen LogP contribution is -2.45. The van der Waals surface area contributed by atoms with Crippen molar-refractivity contribution in [2.45, 2.75) is 44.9 Å². The van der Waals surface area contributed by atoms with Crippen molar-refractivity contribution in [1.82, 2.24) is 4.90 Å². The molecule has 0 bridgehead atoms. The normalized spacial score (nSPS) is 15.2. The van der Waals surface area contributed by atoms with E-state index in [1.807, 2.05) is 13.8 Å². The van der Waals surface area contributed by atoms with Crippen molar-refractivity contribution in [3.63, 3.8) is 0 Å². The molecule has 0 heterocycles. The molecule has 1 aromatic carbocycles. The van der Waals surface area contributed by atoms with Crippen LogP contribution >= 0.6 is 0 Å². The average Bonchev–Trinajstić information content (AvgIpc) is 2.39. The summed E-state index contributed by atoms with van der Waals surface area (Å²) in [4.78, 5) is 1.33. The average molecular weight is 306 g/mol. The van der Waals surface area contributed by atoms with Gasteiger partial charge in [-0.05, 0) is 37.1 Å². The molecule has 0 fully saturated rings. The van der Waals surface area contributed by atoms with Crippen LogP contribution < -0.4 is 5.73 Å². The third-order valence-corrected chi connectivity index (χ3v) is 3.38. The van der Waals surface area contributed by atoms with Gasteiger partial charge in [0.05, 0.1) is 12.6 Å². The number of nitrogens with zero attached hydrogens (tertiary/aromatic N) is 1. The summed E-state index contributed by atoms with van der Waals surface area (Å²) < 4.78 is 51.4. The lowest BCUT2D eigenvalue weighted by molar-refractivity contribution is -0.152. The minimum Gasteiger partial charge on any atom is -0.326 e. The lowest BCUT2D eigenvalue weighted by Gasteiger charge is -2.36. The Kier molecular flexibility index (Phi) is 6.61. The molecule has 21 heavy (non-hydrogen) atoms. The first-order valence-electron chi connectivity index (χ1n) is 7.10. The summed E-state index contributed by atoms with van der Waals surface area (Å²) in [6, 6.07) is 4.51. The van der Waals surface area contributed by atoms with E-state index in [1.165, 1.54) is 29.2 Å². The monoisotopic (exact) mass is 306 g/mol. The molecular formula is C15H22F4N2. The van der Waals surface area contributed by atoms with Crippen LogP contribution in [0, 0.1) is 5.82 Å². The number of benzene rings is 1. The fourth-order valence-corrected chi connectivity index (χ4v) is 2.45. The molecule has 0 saturated carbocycles. The Morgan fingerprint density at radius 1 is 1.14 bits per heavy atom. The highest BCUT2D eigenvalue weighted by Crippen LogP contribution is 2.29. The molecule has 0 radical (unpaired) electrons. The van der Waals surface area contributed by atoms with Gasteiger partial charge in [0.1, 0.15) is 5.82 Å². The molecule has 0 aromatic heterocycles. The number of rotatable bonds is 7. The standard InChI is InChI=1S/C15H22F4N2/c1-3-9-21(10-15(17,18)19)14(13(20)4-2)11-5-7-12(16)8-6-11/h5-8,13-14H,3-4,9-10,20H2,1-2H3. The van der Waals surface area contributed by atoms with Gasteiger partial charge in [-0.2, -0.15) is 13.2 Å². The summed E-state index contributed by atoms with van der Waals surface area (Å²) in [5.41, 5.74) is 6.65. The molecule has 1 rings (SSSR count). The van der Waals surface area contributed by atoms with E-state index in [9.17, 15) is 17.6 Å². The van der Waals surface area contributed by atoms with Gasteiger partial charge in [0.25, 0.3) is 0 Å². The predicted octanol–water partition coefficient (Wildman–Crippen LogP) is 3.88. The van der Waals surface area contributed by atoms with E-state index in [4.69, 9.17) is 5.73 Å². The smallest absolute Gasteiger partial charge is 0.326 e. The van der Waals surface area contributed by atoms with Crippen LogP contribution in [0.15, 0.2) is 24.3 Å². The van der Waals surface area contributed by atoms with Crippen LogP contribution in [-0.4, -0.2) is 30.2 Å². The maximum Gasteiger partial charge on any atom is 0.401 e. The Hall–Kier alpha value is -1.14. The Morgan fingerprint density at radius 3 is 2.14 bits per heavy atom. The summed E-state index contributed by atoms with van der Waals surface area (Å²) in [5, 5.41) is 0. The highest BCUT2D eigenvalue weighted by atomic mass is 19.4. The lowest BCUT2D eigenvalue weighted by atomic mass is 9.96. The van der Waals surface area contributed by atoms with E-state index in [0.717, 1.165) is 0 Å². The Bertz CT molecular complexity index is 417. The summed E-state index contributed by atoms with van der Waals surface area (Å²) in [6.45, 7) is 2.92. The summed E-state index contributed by atoms with van der Waals surface area (Å²) >= 11 is 0. The quantitative estimate of drug-likeness (QED) is 0.775. The van der Waals surface area contributed by atoms with Crippen LogP contribution in [0.5, 0.6) is 0 Å². The first-order valence-corrected chi connectivity index (χ1v) is 7.10. The highest BCUT2D eigenvalue weighted by molar-refractivity contribution is 5.21. The van der Waals surface area contributed by atoms with Gasteiger partial charge in [-0.3, -0.25) is 4.90 Å². The van der Waals surface area contributed by atoms with Gasteiger partial charge in [-0.15, -0.1) is 0 Å². The minimum absolute atomic E-state index is 0.287. The van der Waals surface area contributed by atoms with E-state index < -0.39 is 30.6 Å². The third kappa shape index (κ3) is 5.63. The van der Waals surface area contributed by atoms with Crippen molar-refractivity contribution in [2.75, 3.05) is 13.1 Å². The van der Waals surface area contributed by atoms with Gasteiger partial charge in [-0.1, -0.05) is 26.0 Å². The van der Waals surface area contributed by atoms with Gasteiger partial charge in [-0.25, -0.2) is 4.39 Å². The van der Waals surface area contributed by atoms with Gasteiger partial charge >= 0.3 is 6.18 Å². The van der Waals surface area contributed by atoms with Gasteiger partial charge in [0.2, 0.25) is 0 Å². The zero-order chi connectivity index (χ0) is 16.0. The summed E-state index contributed by atoms with van der Waals surface area (Å²) in [5.74, 6) is -0.416. The molecule has 0 saturated heterocycles. The largest absolute Gasteiger partial charge is 0.401 e. The van der Waals surface area contributed by atoms with Crippen molar-refractivity contribution in [3.8, 4) is 0 Å². The second-order valence-electron chi connectivity index (χ2n) is 5.15. The molecule has 0 spiro atoms. The number of alkyl halides is 3. The van der Waals surface area contributed by atoms with E-state index >= 15 is 0 Å². The van der Waals surface area contributed by atoms with Crippen LogP contribution in [0.4, 0.5) is 17.6 Å². The van der Waals surface area contributed by atoms with Crippen molar-refractivity contribution < 1.29 is 17.6 Å². The summed E-state index contributed by atoms with van der Waals surface area (Å²) in [7, 11) is 0. The van der Waals surface area contributed by atoms with Crippen molar-refractivity contribution in [2.24, 2.45) is 5.73 Å². The highest BCUT2D eigenvalue weighted by Gasteiger charge is 2.35. The number of nitrogens with two attached hydrogens (primary N) is 1. The summed E-state index contributed by atoms with van der Waals surface area (Å²) in [6.07, 6.45) is -3.16. The van der Waals surface area contributed by atoms with Gasteiger partial charge in [0, 0.05) is 6.04 Å². The van der Waals surface area contributed by atoms with Crippen LogP contribution in [0.3, 0.4) is 0 Å². The van der Waals surface area contributed by atoms with E-state index in [1.54, 1.807) is 0 Å². The molecule has 2 unspecified atom stereocenters. The molecule has 0 aliphatic heterocycles. The molecule has 2 N–H and O–H groups in total. The molecule has 120 valence electrons. The zero-order valence-corrected chi connectivity index (χ0v) is 12.3. The maximum atomic E-state index is 13.0. The SMILES string of the molecule is CCCN(CC(F)(F)F)C(c1ccc(F)cc1)C(N)CC. The molecule has 0 aliphatic carbocycles. The third-order valence-electron chi connectivity index (χ3n) is 3.38. The van der Waals surface area contributed by atoms with Crippen LogP contribution in [0.1, 0.15) is 38.3 Å². The second kappa shape index (κ2) is 7.75. The van der Waals surface area contributed by atoms with E-state index in [0.29, 0.717) is 18.4 Å². The fraction of sp³-hybridized carbons (Fsp3) is 0.600. The minimum atomic E-state index is -4.29. The zero-order valence-electron chi connectivity index (χ0n) is 12.3. The Balaban J connectivity index is 3.10. The predicted molar refractivity (Wildman–Crippen MR) is 75.3 cm³/mol. The van der Waals surface area contributed by atoms with Crippen LogP contribution in [0.2, 0.25) is 0 Å². The maximum absolute atomic E-state index is 13.0. The van der Waals surface area contributed by atoms with Crippen LogP contribution in [0.25, 0.3) is 0 Å². The number of hydrogen-bond acceptors (Lipinski definition) is 2. The van der Waals surface area contributed by atoms with Crippen LogP contribution in [-0.2, 0) is 0 Å². The first kappa shape index (κ1) is 17.9. The van der Waals surface area contributed by atoms with E-state index in [-0.39, 0.29) is 6.54 Å². The van der Waals surface area contributed by atoms with E-state index in [2.05, 4.69) is 0 Å². The van der Waals surface area contributed by atoms with Crippen molar-refractivity contribution in [1.29, 1.82) is 0 Å². The Morgan fingerprint density at radius 2 is 1.71 bits per heavy atom.